The first kappa shape index (κ1) is 11.5. The number of halogens is 2. The molecule has 0 bridgehead atoms. The Labute approximate surface area is 97.8 Å². The minimum atomic E-state index is 0. The van der Waals surface area contributed by atoms with Gasteiger partial charge in [-0.05, 0) is 22.4 Å². The molecule has 2 aromatic rings. The number of fused-ring (bicyclic) bond motifs is 1. The maximum Gasteiger partial charge on any atom is 0.0253 e. The van der Waals surface area contributed by atoms with Crippen LogP contribution in [0.4, 0.5) is 0 Å². The average molecular weight is 273 g/mol. The number of hydrogen-bond acceptors (Lipinski definition) is 1. The van der Waals surface area contributed by atoms with E-state index in [-0.39, 0.29) is 12.4 Å². The Hall–Kier alpha value is -0.570. The van der Waals surface area contributed by atoms with Gasteiger partial charge in [-0.3, -0.25) is 0 Å². The smallest absolute Gasteiger partial charge is 0.0253 e. The van der Waals surface area contributed by atoms with Crippen molar-refractivity contribution >= 4 is 39.1 Å². The predicted molar refractivity (Wildman–Crippen MR) is 66.8 cm³/mol. The Kier molecular flexibility index (Phi) is 3.93. The van der Waals surface area contributed by atoms with Crippen molar-refractivity contribution in [3.05, 3.63) is 46.4 Å². The van der Waals surface area contributed by atoms with Gasteiger partial charge in [0, 0.05) is 11.0 Å². The molecule has 0 aliphatic heterocycles. The zero-order valence-corrected chi connectivity index (χ0v) is 9.94. The van der Waals surface area contributed by atoms with Gasteiger partial charge < -0.3 is 5.73 Å². The molecule has 0 aliphatic rings. The molecule has 2 N–H and O–H groups in total. The van der Waals surface area contributed by atoms with Crippen LogP contribution in [-0.4, -0.2) is 0 Å². The number of hydrogen-bond donors (Lipinski definition) is 1. The third-order valence-electron chi connectivity index (χ3n) is 2.18. The van der Waals surface area contributed by atoms with Gasteiger partial charge in [0.25, 0.3) is 0 Å². The highest BCUT2D eigenvalue weighted by Gasteiger charge is 2.00. The van der Waals surface area contributed by atoms with Crippen molar-refractivity contribution < 1.29 is 0 Å². The number of benzene rings is 2. The molecule has 0 atom stereocenters. The van der Waals surface area contributed by atoms with Crippen molar-refractivity contribution in [1.29, 1.82) is 0 Å². The highest BCUT2D eigenvalue weighted by molar-refractivity contribution is 9.10. The first-order valence-electron chi connectivity index (χ1n) is 4.19. The third kappa shape index (κ3) is 1.92. The summed E-state index contributed by atoms with van der Waals surface area (Å²) in [5.74, 6) is 0. The summed E-state index contributed by atoms with van der Waals surface area (Å²) in [5.41, 5.74) is 6.84. The molecule has 0 radical (unpaired) electrons. The summed E-state index contributed by atoms with van der Waals surface area (Å²) in [6, 6.07) is 12.4. The lowest BCUT2D eigenvalue weighted by Gasteiger charge is -2.04. The van der Waals surface area contributed by atoms with E-state index in [2.05, 4.69) is 34.1 Å². The lowest BCUT2D eigenvalue weighted by atomic mass is 10.1. The molecule has 0 unspecified atom stereocenters. The second-order valence-corrected chi connectivity index (χ2v) is 3.81. The van der Waals surface area contributed by atoms with E-state index in [9.17, 15) is 0 Å². The quantitative estimate of drug-likeness (QED) is 0.845. The predicted octanol–water partition coefficient (Wildman–Crippen LogP) is 3.48. The highest BCUT2D eigenvalue weighted by atomic mass is 79.9. The van der Waals surface area contributed by atoms with Crippen LogP contribution in [0.5, 0.6) is 0 Å². The molecule has 74 valence electrons. The van der Waals surface area contributed by atoms with Crippen LogP contribution < -0.4 is 5.73 Å². The molecule has 14 heavy (non-hydrogen) atoms. The van der Waals surface area contributed by atoms with Gasteiger partial charge >= 0.3 is 0 Å². The van der Waals surface area contributed by atoms with Crippen LogP contribution >= 0.6 is 28.3 Å². The molecule has 1 nitrogen and oxygen atoms in total. The largest absolute Gasteiger partial charge is 0.326 e. The summed E-state index contributed by atoms with van der Waals surface area (Å²) in [6.45, 7) is 0.591. The van der Waals surface area contributed by atoms with Crippen molar-refractivity contribution in [1.82, 2.24) is 0 Å². The van der Waals surface area contributed by atoms with Gasteiger partial charge in [0.1, 0.15) is 0 Å². The molecule has 0 spiro atoms. The Morgan fingerprint density at radius 1 is 1.00 bits per heavy atom. The van der Waals surface area contributed by atoms with Crippen molar-refractivity contribution in [2.45, 2.75) is 6.54 Å². The van der Waals surface area contributed by atoms with Gasteiger partial charge in [-0.2, -0.15) is 0 Å². The van der Waals surface area contributed by atoms with E-state index in [0.717, 1.165) is 4.47 Å². The molecule has 0 aliphatic carbocycles. The van der Waals surface area contributed by atoms with E-state index >= 15 is 0 Å². The molecular formula is C11H11BrClN. The number of rotatable bonds is 1. The zero-order chi connectivity index (χ0) is 9.26. The first-order chi connectivity index (χ1) is 6.33. The molecule has 0 fully saturated rings. The summed E-state index contributed by atoms with van der Waals surface area (Å²) in [7, 11) is 0. The Balaban J connectivity index is 0.000000980. The standard InChI is InChI=1S/C11H10BrN.ClH/c12-11-6-2-4-9-8(7-13)3-1-5-10(9)11;/h1-6H,7,13H2;1H. The van der Waals surface area contributed by atoms with Crippen LogP contribution in [0.15, 0.2) is 40.9 Å². The molecule has 3 heteroatoms. The van der Waals surface area contributed by atoms with Crippen LogP contribution in [-0.2, 0) is 6.54 Å². The van der Waals surface area contributed by atoms with Crippen molar-refractivity contribution in [3.8, 4) is 0 Å². The van der Waals surface area contributed by atoms with Gasteiger partial charge in [0.05, 0.1) is 0 Å². The SMILES string of the molecule is Cl.NCc1cccc2c(Br)cccc12. The minimum Gasteiger partial charge on any atom is -0.326 e. The van der Waals surface area contributed by atoms with Gasteiger partial charge in [-0.15, -0.1) is 12.4 Å². The summed E-state index contributed by atoms with van der Waals surface area (Å²) in [4.78, 5) is 0. The van der Waals surface area contributed by atoms with Crippen LogP contribution in [0.25, 0.3) is 10.8 Å². The van der Waals surface area contributed by atoms with E-state index in [1.165, 1.54) is 16.3 Å². The van der Waals surface area contributed by atoms with Crippen LogP contribution in [0, 0.1) is 0 Å². The van der Waals surface area contributed by atoms with E-state index in [1.54, 1.807) is 0 Å². The van der Waals surface area contributed by atoms with Crippen LogP contribution in [0.2, 0.25) is 0 Å². The second-order valence-electron chi connectivity index (χ2n) is 2.96. The molecule has 0 heterocycles. The molecule has 0 amide bonds. The van der Waals surface area contributed by atoms with E-state index in [4.69, 9.17) is 5.73 Å². The van der Waals surface area contributed by atoms with Crippen molar-refractivity contribution in [2.24, 2.45) is 5.73 Å². The lowest BCUT2D eigenvalue weighted by molar-refractivity contribution is 1.09. The van der Waals surface area contributed by atoms with E-state index < -0.39 is 0 Å². The Morgan fingerprint density at radius 3 is 2.36 bits per heavy atom. The fraction of sp³-hybridized carbons (Fsp3) is 0.0909. The van der Waals surface area contributed by atoms with Crippen molar-refractivity contribution in [3.63, 3.8) is 0 Å². The molecule has 0 saturated heterocycles. The van der Waals surface area contributed by atoms with Crippen LogP contribution in [0.1, 0.15) is 5.56 Å². The maximum absolute atomic E-state index is 5.65. The highest BCUT2D eigenvalue weighted by Crippen LogP contribution is 2.25. The van der Waals surface area contributed by atoms with Gasteiger partial charge in [0.15, 0.2) is 0 Å². The zero-order valence-electron chi connectivity index (χ0n) is 7.53. The lowest BCUT2D eigenvalue weighted by Crippen LogP contribution is -1.96. The van der Waals surface area contributed by atoms with Gasteiger partial charge in [0.2, 0.25) is 0 Å². The molecule has 2 rings (SSSR count). The number of nitrogens with two attached hydrogens (primary N) is 1. The summed E-state index contributed by atoms with van der Waals surface area (Å²) in [6.07, 6.45) is 0. The molecule has 2 aromatic carbocycles. The second kappa shape index (κ2) is 4.78. The van der Waals surface area contributed by atoms with Gasteiger partial charge in [-0.25, -0.2) is 0 Å². The topological polar surface area (TPSA) is 26.0 Å². The normalized spacial score (nSPS) is 9.86. The average Bonchev–Trinajstić information content (AvgIpc) is 2.18. The fourth-order valence-corrected chi connectivity index (χ4v) is 2.01. The van der Waals surface area contributed by atoms with Gasteiger partial charge in [-0.1, -0.05) is 46.3 Å². The molecule has 0 aromatic heterocycles. The summed E-state index contributed by atoms with van der Waals surface area (Å²) < 4.78 is 1.13. The van der Waals surface area contributed by atoms with E-state index in [0.29, 0.717) is 6.54 Å². The van der Waals surface area contributed by atoms with E-state index in [1.807, 2.05) is 18.2 Å². The monoisotopic (exact) mass is 271 g/mol. The molecular weight excluding hydrogens is 261 g/mol. The summed E-state index contributed by atoms with van der Waals surface area (Å²) >= 11 is 3.52. The molecule has 0 saturated carbocycles. The van der Waals surface area contributed by atoms with Crippen LogP contribution in [0.3, 0.4) is 0 Å². The maximum atomic E-state index is 5.65. The Bertz CT molecular complexity index is 442. The minimum absolute atomic E-state index is 0. The third-order valence-corrected chi connectivity index (χ3v) is 2.87. The first-order valence-corrected chi connectivity index (χ1v) is 4.98. The summed E-state index contributed by atoms with van der Waals surface area (Å²) in [5, 5.41) is 2.46. The fourth-order valence-electron chi connectivity index (χ4n) is 1.51. The Morgan fingerprint density at radius 2 is 1.64 bits per heavy atom. The van der Waals surface area contributed by atoms with Crippen molar-refractivity contribution in [2.75, 3.05) is 0 Å².